The maximum atomic E-state index is 11.9. The Morgan fingerprint density at radius 3 is 2.88 bits per heavy atom. The molecule has 0 bridgehead atoms. The molecule has 0 saturated carbocycles. The molecule has 0 aliphatic carbocycles. The molecule has 1 aromatic heterocycles. The van der Waals surface area contributed by atoms with Crippen molar-refractivity contribution in [1.29, 1.82) is 0 Å². The topological polar surface area (TPSA) is 60.7 Å². The number of carbonyl (C=O) groups excluding carboxylic acids is 1. The molecule has 2 aromatic rings. The van der Waals surface area contributed by atoms with Crippen LogP contribution in [0.15, 0.2) is 18.2 Å². The minimum Gasteiger partial charge on any atom is -0.294 e. The monoisotopic (exact) mass is 362 g/mol. The number of ketones is 1. The predicted octanol–water partition coefficient (Wildman–Crippen LogP) is 1.89. The van der Waals surface area contributed by atoms with Crippen LogP contribution in [0.1, 0.15) is 16.2 Å². The molecule has 1 heterocycles. The molecule has 0 unspecified atom stereocenters. The van der Waals surface area contributed by atoms with Crippen molar-refractivity contribution in [3.05, 3.63) is 38.2 Å². The second kappa shape index (κ2) is 5.09. The Labute approximate surface area is 116 Å². The van der Waals surface area contributed by atoms with Crippen LogP contribution in [0.2, 0.25) is 5.02 Å². The number of Topliss-reactive ketones (excluding diaryl/α,β-unsaturated/α-hetero) is 1. The molecule has 5 nitrogen and oxygen atoms in total. The molecule has 1 aromatic carbocycles. The number of rotatable bonds is 3. The molecule has 7 heteroatoms. The highest BCUT2D eigenvalue weighted by atomic mass is 127. The summed E-state index contributed by atoms with van der Waals surface area (Å²) >= 11 is 8.07. The number of hydrogen-bond donors (Lipinski definition) is 0. The number of aryl methyl sites for hydroxylation is 1. The molecule has 0 radical (unpaired) electrons. The number of halogens is 2. The van der Waals surface area contributed by atoms with Gasteiger partial charge in [-0.2, -0.15) is 4.80 Å². The predicted molar refractivity (Wildman–Crippen MR) is 71.0 cm³/mol. The molecule has 88 valence electrons. The summed E-state index contributed by atoms with van der Waals surface area (Å²) in [5, 5.41) is 12.0. The third kappa shape index (κ3) is 3.01. The van der Waals surface area contributed by atoms with Crippen LogP contribution < -0.4 is 0 Å². The lowest BCUT2D eigenvalue weighted by atomic mass is 10.1. The number of hydrogen-bond acceptors (Lipinski definition) is 4. The fourth-order valence-corrected chi connectivity index (χ4v) is 1.83. The first-order chi connectivity index (χ1) is 8.06. The molecular formula is C10H8ClIN4O. The van der Waals surface area contributed by atoms with Gasteiger partial charge in [0.2, 0.25) is 0 Å². The lowest BCUT2D eigenvalue weighted by Gasteiger charge is -2.00. The van der Waals surface area contributed by atoms with E-state index in [4.69, 9.17) is 11.6 Å². The zero-order chi connectivity index (χ0) is 12.4. The average Bonchev–Trinajstić information content (AvgIpc) is 2.68. The van der Waals surface area contributed by atoms with E-state index >= 15 is 0 Å². The Kier molecular flexibility index (Phi) is 3.72. The van der Waals surface area contributed by atoms with Gasteiger partial charge in [-0.3, -0.25) is 4.79 Å². The van der Waals surface area contributed by atoms with E-state index in [2.05, 4.69) is 38.0 Å². The number of tetrazole rings is 1. The summed E-state index contributed by atoms with van der Waals surface area (Å²) in [5.41, 5.74) is 0.558. The van der Waals surface area contributed by atoms with Crippen molar-refractivity contribution < 1.29 is 4.79 Å². The van der Waals surface area contributed by atoms with Gasteiger partial charge in [0, 0.05) is 9.13 Å². The molecule has 17 heavy (non-hydrogen) atoms. The van der Waals surface area contributed by atoms with Crippen molar-refractivity contribution in [1.82, 2.24) is 20.2 Å². The fraction of sp³-hybridized carbons (Fsp3) is 0.200. The van der Waals surface area contributed by atoms with E-state index in [0.717, 1.165) is 3.57 Å². The number of nitrogens with zero attached hydrogens (tertiary/aromatic N) is 4. The van der Waals surface area contributed by atoms with Crippen LogP contribution in [0.5, 0.6) is 0 Å². The van der Waals surface area contributed by atoms with Crippen LogP contribution in [-0.2, 0) is 13.5 Å². The minimum absolute atomic E-state index is 0.0729. The summed E-state index contributed by atoms with van der Waals surface area (Å²) in [6.07, 6.45) is 0.130. The standard InChI is InChI=1S/C10H8ClIN4O/c1-16-14-10(13-15-16)5-9(17)6-2-3-8(12)7(11)4-6/h2-4H,5H2,1H3. The van der Waals surface area contributed by atoms with Gasteiger partial charge >= 0.3 is 0 Å². The van der Waals surface area contributed by atoms with E-state index in [1.54, 1.807) is 25.2 Å². The van der Waals surface area contributed by atoms with Gasteiger partial charge in [-0.15, -0.1) is 10.2 Å². The van der Waals surface area contributed by atoms with E-state index in [-0.39, 0.29) is 12.2 Å². The second-order valence-electron chi connectivity index (χ2n) is 3.42. The van der Waals surface area contributed by atoms with Gasteiger partial charge in [-0.05, 0) is 39.9 Å². The van der Waals surface area contributed by atoms with Gasteiger partial charge in [0.05, 0.1) is 18.5 Å². The molecule has 0 saturated heterocycles. The summed E-state index contributed by atoms with van der Waals surface area (Å²) in [6, 6.07) is 5.20. The average molecular weight is 363 g/mol. The van der Waals surface area contributed by atoms with E-state index in [9.17, 15) is 4.79 Å². The fourth-order valence-electron chi connectivity index (χ4n) is 1.31. The highest BCUT2D eigenvalue weighted by Gasteiger charge is 2.12. The molecule has 0 aliphatic heterocycles. The molecule has 2 rings (SSSR count). The van der Waals surface area contributed by atoms with Crippen molar-refractivity contribution in [3.8, 4) is 0 Å². The van der Waals surface area contributed by atoms with Crippen LogP contribution >= 0.6 is 34.2 Å². The lowest BCUT2D eigenvalue weighted by molar-refractivity contribution is 0.0990. The van der Waals surface area contributed by atoms with Crippen molar-refractivity contribution >= 4 is 40.0 Å². The summed E-state index contributed by atoms with van der Waals surface area (Å²) < 4.78 is 0.915. The molecule has 0 spiro atoms. The van der Waals surface area contributed by atoms with Crippen LogP contribution in [0.3, 0.4) is 0 Å². The Morgan fingerprint density at radius 2 is 2.29 bits per heavy atom. The van der Waals surface area contributed by atoms with Crippen LogP contribution in [0.4, 0.5) is 0 Å². The van der Waals surface area contributed by atoms with Crippen LogP contribution in [0, 0.1) is 3.57 Å². The maximum Gasteiger partial charge on any atom is 0.182 e. The summed E-state index contributed by atoms with van der Waals surface area (Å²) in [5.74, 6) is 0.337. The lowest BCUT2D eigenvalue weighted by Crippen LogP contribution is -2.05. The normalized spacial score (nSPS) is 10.5. The first-order valence-corrected chi connectivity index (χ1v) is 6.23. The van der Waals surface area contributed by atoms with Crippen LogP contribution in [0.25, 0.3) is 0 Å². The van der Waals surface area contributed by atoms with E-state index in [1.165, 1.54) is 4.80 Å². The Hall–Kier alpha value is -1.02. The Bertz CT molecular complexity index is 569. The Morgan fingerprint density at radius 1 is 1.53 bits per heavy atom. The number of aromatic nitrogens is 4. The summed E-state index contributed by atoms with van der Waals surface area (Å²) in [6.45, 7) is 0. The van der Waals surface area contributed by atoms with E-state index in [0.29, 0.717) is 16.4 Å². The van der Waals surface area contributed by atoms with Gasteiger partial charge in [0.1, 0.15) is 0 Å². The highest BCUT2D eigenvalue weighted by Crippen LogP contribution is 2.20. The molecular weight excluding hydrogens is 354 g/mol. The third-order valence-electron chi connectivity index (χ3n) is 2.11. The quantitative estimate of drug-likeness (QED) is 0.618. The van der Waals surface area contributed by atoms with Gasteiger partial charge in [0.15, 0.2) is 11.6 Å². The maximum absolute atomic E-state index is 11.9. The summed E-state index contributed by atoms with van der Waals surface area (Å²) in [7, 11) is 1.66. The molecule has 0 N–H and O–H groups in total. The largest absolute Gasteiger partial charge is 0.294 e. The first kappa shape index (κ1) is 12.4. The van der Waals surface area contributed by atoms with E-state index in [1.807, 2.05) is 0 Å². The number of carbonyl (C=O) groups is 1. The van der Waals surface area contributed by atoms with Crippen LogP contribution in [-0.4, -0.2) is 26.0 Å². The van der Waals surface area contributed by atoms with Gasteiger partial charge < -0.3 is 0 Å². The SMILES string of the molecule is Cn1nnc(CC(=O)c2ccc(I)c(Cl)c2)n1. The third-order valence-corrected chi connectivity index (χ3v) is 3.68. The second-order valence-corrected chi connectivity index (χ2v) is 4.99. The van der Waals surface area contributed by atoms with Crippen molar-refractivity contribution in [2.45, 2.75) is 6.42 Å². The molecule has 0 fully saturated rings. The smallest absolute Gasteiger partial charge is 0.182 e. The molecule has 0 aliphatic rings. The van der Waals surface area contributed by atoms with Gasteiger partial charge in [0.25, 0.3) is 0 Å². The van der Waals surface area contributed by atoms with Crippen molar-refractivity contribution in [2.24, 2.45) is 7.05 Å². The molecule has 0 amide bonds. The summed E-state index contributed by atoms with van der Waals surface area (Å²) in [4.78, 5) is 13.2. The number of benzene rings is 1. The first-order valence-electron chi connectivity index (χ1n) is 4.77. The molecule has 0 atom stereocenters. The minimum atomic E-state index is -0.0729. The Balaban J connectivity index is 2.17. The zero-order valence-electron chi connectivity index (χ0n) is 8.89. The van der Waals surface area contributed by atoms with Crippen molar-refractivity contribution in [3.63, 3.8) is 0 Å². The zero-order valence-corrected chi connectivity index (χ0v) is 11.8. The van der Waals surface area contributed by atoms with E-state index < -0.39 is 0 Å². The van der Waals surface area contributed by atoms with Gasteiger partial charge in [-0.25, -0.2) is 0 Å². The van der Waals surface area contributed by atoms with Crippen molar-refractivity contribution in [2.75, 3.05) is 0 Å². The highest BCUT2D eigenvalue weighted by molar-refractivity contribution is 14.1. The van der Waals surface area contributed by atoms with Gasteiger partial charge in [-0.1, -0.05) is 17.7 Å².